The highest BCUT2D eigenvalue weighted by atomic mass is 35.5. The van der Waals surface area contributed by atoms with Crippen LogP contribution in [0.2, 0.25) is 5.02 Å². The lowest BCUT2D eigenvalue weighted by Gasteiger charge is -2.08. The highest BCUT2D eigenvalue weighted by Crippen LogP contribution is 2.15. The van der Waals surface area contributed by atoms with E-state index >= 15 is 0 Å². The average molecular weight is 490 g/mol. The highest BCUT2D eigenvalue weighted by molar-refractivity contribution is 6.30. The summed E-state index contributed by atoms with van der Waals surface area (Å²) in [5, 5.41) is 19.6. The van der Waals surface area contributed by atoms with Crippen LogP contribution in [0.5, 0.6) is 5.75 Å². The van der Waals surface area contributed by atoms with E-state index in [9.17, 15) is 18.0 Å². The Hall–Kier alpha value is -2.78. The van der Waals surface area contributed by atoms with Crippen molar-refractivity contribution < 1.29 is 37.7 Å². The number of benzene rings is 2. The molecule has 0 aliphatic carbocycles. The first-order valence-corrected chi connectivity index (χ1v) is 10.6. The van der Waals surface area contributed by atoms with Crippen LogP contribution >= 0.6 is 11.6 Å². The summed E-state index contributed by atoms with van der Waals surface area (Å²) in [5.41, 5.74) is 2.49. The lowest BCUT2D eigenvalue weighted by Crippen LogP contribution is -2.21. The van der Waals surface area contributed by atoms with Gasteiger partial charge in [0.25, 0.3) is 0 Å². The molecule has 0 saturated heterocycles. The van der Waals surface area contributed by atoms with Gasteiger partial charge in [-0.15, -0.1) is 0 Å². The van der Waals surface area contributed by atoms with Gasteiger partial charge < -0.3 is 20.3 Å². The van der Waals surface area contributed by atoms with Gasteiger partial charge in [0.05, 0.1) is 13.0 Å². The number of carbonyl (C=O) groups is 2. The van der Waals surface area contributed by atoms with Crippen molar-refractivity contribution in [3.05, 3.63) is 64.7 Å². The zero-order valence-corrected chi connectivity index (χ0v) is 18.7. The van der Waals surface area contributed by atoms with Crippen LogP contribution in [0.15, 0.2) is 48.5 Å². The van der Waals surface area contributed by atoms with Crippen molar-refractivity contribution in [3.63, 3.8) is 0 Å². The molecule has 10 heteroatoms. The normalized spacial score (nSPS) is 10.8. The number of aryl methyl sites for hydroxylation is 2. The van der Waals surface area contributed by atoms with Crippen molar-refractivity contribution in [2.75, 3.05) is 19.7 Å². The lowest BCUT2D eigenvalue weighted by atomic mass is 10.1. The van der Waals surface area contributed by atoms with Gasteiger partial charge in [-0.3, -0.25) is 4.79 Å². The van der Waals surface area contributed by atoms with E-state index in [1.165, 1.54) is 11.1 Å². The highest BCUT2D eigenvalue weighted by Gasteiger charge is 2.38. The molecule has 0 aliphatic heterocycles. The molecule has 3 N–H and O–H groups in total. The Morgan fingerprint density at radius 2 is 1.58 bits per heavy atom. The van der Waals surface area contributed by atoms with Gasteiger partial charge in [-0.25, -0.2) is 4.79 Å². The maximum absolute atomic E-state index is 10.6. The predicted octanol–water partition coefficient (Wildman–Crippen LogP) is 4.98. The van der Waals surface area contributed by atoms with Gasteiger partial charge in [-0.2, -0.15) is 13.2 Å². The third-order valence-corrected chi connectivity index (χ3v) is 4.50. The third-order valence-electron chi connectivity index (χ3n) is 4.27. The summed E-state index contributed by atoms with van der Waals surface area (Å²) in [7, 11) is 0. The minimum atomic E-state index is -5.08. The van der Waals surface area contributed by atoms with Gasteiger partial charge in [0, 0.05) is 11.6 Å². The lowest BCUT2D eigenvalue weighted by molar-refractivity contribution is -0.192. The van der Waals surface area contributed by atoms with Gasteiger partial charge >= 0.3 is 18.1 Å². The SMILES string of the molecule is O=C(O)C(F)(F)F.O=C(O)CCNCCCc1ccc(OCCCc2cccc(Cl)c2)cc1. The Morgan fingerprint density at radius 3 is 2.15 bits per heavy atom. The van der Waals surface area contributed by atoms with Crippen LogP contribution in [-0.2, 0) is 22.4 Å². The van der Waals surface area contributed by atoms with E-state index < -0.39 is 18.1 Å². The van der Waals surface area contributed by atoms with E-state index in [-0.39, 0.29) is 6.42 Å². The molecule has 0 saturated carbocycles. The number of rotatable bonds is 12. The minimum Gasteiger partial charge on any atom is -0.494 e. The Labute approximate surface area is 195 Å². The van der Waals surface area contributed by atoms with Crippen LogP contribution in [0.25, 0.3) is 0 Å². The summed E-state index contributed by atoms with van der Waals surface area (Å²) in [5.74, 6) is -2.63. The fourth-order valence-electron chi connectivity index (χ4n) is 2.65. The first kappa shape index (κ1) is 28.3. The quantitative estimate of drug-likeness (QED) is 0.364. The molecule has 0 unspecified atom stereocenters. The molecule has 2 aromatic rings. The van der Waals surface area contributed by atoms with E-state index in [0.29, 0.717) is 13.2 Å². The van der Waals surface area contributed by atoms with Crippen molar-refractivity contribution in [1.82, 2.24) is 5.32 Å². The number of alkyl halides is 3. The summed E-state index contributed by atoms with van der Waals surface area (Å²) in [6.07, 6.45) is -1.06. The number of ether oxygens (including phenoxy) is 1. The largest absolute Gasteiger partial charge is 0.494 e. The number of carboxylic acids is 2. The molecule has 0 spiro atoms. The number of halogens is 4. The second-order valence-corrected chi connectivity index (χ2v) is 7.46. The Bertz CT molecular complexity index is 860. The van der Waals surface area contributed by atoms with Gasteiger partial charge in [0.15, 0.2) is 0 Å². The van der Waals surface area contributed by atoms with E-state index in [1.54, 1.807) is 0 Å². The number of carboxylic acid groups (broad SMARTS) is 2. The van der Waals surface area contributed by atoms with Gasteiger partial charge in [0.2, 0.25) is 0 Å². The minimum absolute atomic E-state index is 0.170. The standard InChI is InChI=1S/C21H26ClNO3.C2HF3O2/c22-19-7-1-4-18(16-19)6-3-15-26-20-10-8-17(9-11-20)5-2-13-23-14-12-21(24)25;3-2(4,5)1(6)7/h1,4,7-11,16,23H,2-3,5-6,12-15H2,(H,24,25);(H,6,7). The van der Waals surface area contributed by atoms with E-state index in [4.69, 9.17) is 31.3 Å². The first-order chi connectivity index (χ1) is 15.6. The maximum atomic E-state index is 10.6. The molecule has 0 fully saturated rings. The first-order valence-electron chi connectivity index (χ1n) is 10.3. The van der Waals surface area contributed by atoms with E-state index in [1.807, 2.05) is 30.3 Å². The topological polar surface area (TPSA) is 95.9 Å². The summed E-state index contributed by atoms with van der Waals surface area (Å²) >= 11 is 5.98. The van der Waals surface area contributed by atoms with Crippen molar-refractivity contribution in [2.45, 2.75) is 38.3 Å². The molecular weight excluding hydrogens is 463 g/mol. The molecule has 0 aliphatic rings. The van der Waals surface area contributed by atoms with E-state index in [0.717, 1.165) is 43.0 Å². The number of hydrogen-bond donors (Lipinski definition) is 3. The second kappa shape index (κ2) is 15.1. The molecule has 33 heavy (non-hydrogen) atoms. The van der Waals surface area contributed by atoms with Crippen LogP contribution in [0.4, 0.5) is 13.2 Å². The van der Waals surface area contributed by atoms with Crippen molar-refractivity contribution in [2.24, 2.45) is 0 Å². The maximum Gasteiger partial charge on any atom is 0.490 e. The zero-order valence-electron chi connectivity index (χ0n) is 17.9. The third kappa shape index (κ3) is 14.1. The smallest absolute Gasteiger partial charge is 0.490 e. The molecular formula is C23H27ClF3NO5. The van der Waals surface area contributed by atoms with E-state index in [2.05, 4.69) is 23.5 Å². The summed E-state index contributed by atoms with van der Waals surface area (Å²) in [6.45, 7) is 2.03. The molecule has 0 aromatic heterocycles. The fraction of sp³-hybridized carbons (Fsp3) is 0.391. The van der Waals surface area contributed by atoms with Gasteiger partial charge in [-0.1, -0.05) is 35.9 Å². The monoisotopic (exact) mass is 489 g/mol. The second-order valence-electron chi connectivity index (χ2n) is 7.03. The van der Waals surface area contributed by atoms with Crippen molar-refractivity contribution >= 4 is 23.5 Å². The van der Waals surface area contributed by atoms with Crippen LogP contribution in [0.3, 0.4) is 0 Å². The molecule has 0 atom stereocenters. The van der Waals surface area contributed by atoms with Crippen molar-refractivity contribution in [1.29, 1.82) is 0 Å². The number of hydrogen-bond acceptors (Lipinski definition) is 4. The molecule has 6 nitrogen and oxygen atoms in total. The van der Waals surface area contributed by atoms with Crippen LogP contribution in [-0.4, -0.2) is 48.0 Å². The number of nitrogens with one attached hydrogen (secondary N) is 1. The number of aliphatic carboxylic acids is 2. The zero-order chi connectivity index (χ0) is 24.7. The molecule has 0 heterocycles. The predicted molar refractivity (Wildman–Crippen MR) is 119 cm³/mol. The Balaban J connectivity index is 0.000000675. The molecule has 2 rings (SSSR count). The van der Waals surface area contributed by atoms with Gasteiger partial charge in [0.1, 0.15) is 5.75 Å². The van der Waals surface area contributed by atoms with Crippen LogP contribution < -0.4 is 10.1 Å². The summed E-state index contributed by atoms with van der Waals surface area (Å²) < 4.78 is 37.5. The summed E-state index contributed by atoms with van der Waals surface area (Å²) in [4.78, 5) is 19.3. The molecule has 2 aromatic carbocycles. The van der Waals surface area contributed by atoms with Crippen LogP contribution in [0.1, 0.15) is 30.4 Å². The van der Waals surface area contributed by atoms with Crippen molar-refractivity contribution in [3.8, 4) is 5.75 Å². The van der Waals surface area contributed by atoms with Gasteiger partial charge in [-0.05, 0) is 67.6 Å². The Kier molecular flexibility index (Phi) is 13.0. The molecule has 182 valence electrons. The summed E-state index contributed by atoms with van der Waals surface area (Å²) in [6, 6.07) is 16.1. The molecule has 0 amide bonds. The molecule has 0 bridgehead atoms. The Morgan fingerprint density at radius 1 is 0.939 bits per heavy atom. The fourth-order valence-corrected chi connectivity index (χ4v) is 2.86. The molecule has 0 radical (unpaired) electrons. The van der Waals surface area contributed by atoms with Crippen LogP contribution in [0, 0.1) is 0 Å². The average Bonchev–Trinajstić information content (AvgIpc) is 2.74.